The molecule has 12 N–H and O–H groups in total. The summed E-state index contributed by atoms with van der Waals surface area (Å²) < 4.78 is 0. The SMILES string of the molecule is O=C(O)OO.O=C(O)OO.O=C(O)OO.O=C(O)OO.O=C(O)OO.O=C(O)OO.[Zn].[Zr]. The molecule has 186 valence electrons. The van der Waals surface area contributed by atoms with Crippen molar-refractivity contribution in [1.29, 1.82) is 0 Å². The average molecular weight is 625 g/mol. The molecule has 0 fully saturated rings. The van der Waals surface area contributed by atoms with Gasteiger partial charge in [-0.15, -0.1) is 0 Å². The van der Waals surface area contributed by atoms with E-state index >= 15 is 0 Å². The Morgan fingerprint density at radius 2 is 0.375 bits per heavy atom. The Bertz CT molecular complexity index is 355. The van der Waals surface area contributed by atoms with Crippen molar-refractivity contribution in [3.8, 4) is 0 Å². The molecule has 26 heteroatoms. The smallest absolute Gasteiger partial charge is 0.448 e. The predicted octanol–water partition coefficient (Wildman–Crippen LogP) is 0.919. The average Bonchev–Trinajstić information content (AvgIpc) is 2.69. The molecule has 0 unspecified atom stereocenters. The normalized spacial score (nSPS) is 6.19. The Balaban J connectivity index is -0.0000000356. The van der Waals surface area contributed by atoms with Gasteiger partial charge in [-0.2, -0.15) is 31.5 Å². The van der Waals surface area contributed by atoms with E-state index in [0.29, 0.717) is 0 Å². The van der Waals surface area contributed by atoms with Crippen molar-refractivity contribution >= 4 is 36.9 Å². The van der Waals surface area contributed by atoms with Crippen molar-refractivity contribution < 1.29 is 166 Å². The fourth-order valence-corrected chi connectivity index (χ4v) is 0. The van der Waals surface area contributed by atoms with Gasteiger partial charge in [0.15, 0.2) is 0 Å². The second kappa shape index (κ2) is 46.2. The van der Waals surface area contributed by atoms with Crippen molar-refractivity contribution in [2.45, 2.75) is 0 Å². The molecular formula is C6H12O24ZnZr. The zero-order chi connectivity index (χ0) is 25.7. The number of hydrogen-bond acceptors (Lipinski definition) is 18. The molecule has 0 saturated carbocycles. The molecule has 0 atom stereocenters. The Hall–Kier alpha value is -3.11. The topological polar surface area (TPSA) is 401 Å². The molecule has 24 nitrogen and oxygen atoms in total. The van der Waals surface area contributed by atoms with Gasteiger partial charge in [0.1, 0.15) is 0 Å². The molecule has 0 heterocycles. The molecule has 0 rings (SSSR count). The Kier molecular flexibility index (Phi) is 74.4. The van der Waals surface area contributed by atoms with Gasteiger partial charge in [0.2, 0.25) is 0 Å². The Morgan fingerprint density at radius 1 is 0.344 bits per heavy atom. The number of carbonyl (C=O) groups is 6. The minimum atomic E-state index is -1.69. The summed E-state index contributed by atoms with van der Waals surface area (Å²) in [5.74, 6) is 0. The van der Waals surface area contributed by atoms with Crippen LogP contribution in [0.25, 0.3) is 0 Å². The molecule has 0 aromatic heterocycles. The molecule has 0 aliphatic carbocycles. The van der Waals surface area contributed by atoms with Crippen LogP contribution in [0.1, 0.15) is 0 Å². The zero-order valence-corrected chi connectivity index (χ0v) is 19.9. The maximum atomic E-state index is 8.90. The van der Waals surface area contributed by atoms with Gasteiger partial charge < -0.3 is 30.6 Å². The minimum Gasteiger partial charge on any atom is -0.448 e. The van der Waals surface area contributed by atoms with Crippen LogP contribution < -0.4 is 0 Å². The maximum Gasteiger partial charge on any atom is 0.537 e. The summed E-state index contributed by atoms with van der Waals surface area (Å²) >= 11 is 0. The summed E-state index contributed by atoms with van der Waals surface area (Å²) in [7, 11) is 0. The quantitative estimate of drug-likeness (QED) is 0.0770. The third-order valence-corrected chi connectivity index (χ3v) is 0.469. The van der Waals surface area contributed by atoms with Gasteiger partial charge in [0.25, 0.3) is 0 Å². The van der Waals surface area contributed by atoms with Gasteiger partial charge in [0, 0.05) is 45.7 Å². The van der Waals surface area contributed by atoms with E-state index in [2.05, 4.69) is 29.3 Å². The molecule has 0 amide bonds. The van der Waals surface area contributed by atoms with Gasteiger partial charge in [-0.25, -0.2) is 28.8 Å². The van der Waals surface area contributed by atoms with Gasteiger partial charge in [0.05, 0.1) is 0 Å². The molecule has 32 heavy (non-hydrogen) atoms. The van der Waals surface area contributed by atoms with E-state index in [4.69, 9.17) is 90.9 Å². The van der Waals surface area contributed by atoms with Crippen molar-refractivity contribution in [2.24, 2.45) is 0 Å². The monoisotopic (exact) mass is 622 g/mol. The first kappa shape index (κ1) is 51.5. The second-order valence-electron chi connectivity index (χ2n) is 2.14. The van der Waals surface area contributed by atoms with Crippen molar-refractivity contribution in [2.75, 3.05) is 0 Å². The predicted molar refractivity (Wildman–Crippen MR) is 70.4 cm³/mol. The first-order valence-corrected chi connectivity index (χ1v) is 4.89. The fourth-order valence-electron chi connectivity index (χ4n) is 0. The van der Waals surface area contributed by atoms with E-state index in [-0.39, 0.29) is 45.7 Å². The van der Waals surface area contributed by atoms with E-state index in [1.165, 1.54) is 0 Å². The Labute approximate surface area is 202 Å². The van der Waals surface area contributed by atoms with E-state index in [1.54, 1.807) is 0 Å². The second-order valence-corrected chi connectivity index (χ2v) is 2.14. The van der Waals surface area contributed by atoms with Crippen LogP contribution >= 0.6 is 0 Å². The molecule has 0 aromatic carbocycles. The minimum absolute atomic E-state index is 0. The molecule has 0 saturated heterocycles. The van der Waals surface area contributed by atoms with Crippen LogP contribution in [0, 0.1) is 0 Å². The third-order valence-electron chi connectivity index (χ3n) is 0.469. The first-order valence-electron chi connectivity index (χ1n) is 4.89. The van der Waals surface area contributed by atoms with E-state index in [9.17, 15) is 0 Å². The summed E-state index contributed by atoms with van der Waals surface area (Å²) in [6, 6.07) is 0. The van der Waals surface area contributed by atoms with Crippen molar-refractivity contribution in [1.82, 2.24) is 0 Å². The summed E-state index contributed by atoms with van der Waals surface area (Å²) in [5, 5.41) is 85.8. The largest absolute Gasteiger partial charge is 0.537 e. The van der Waals surface area contributed by atoms with E-state index in [1.807, 2.05) is 0 Å². The van der Waals surface area contributed by atoms with Gasteiger partial charge in [-0.3, -0.25) is 29.3 Å². The summed E-state index contributed by atoms with van der Waals surface area (Å²) in [6.07, 6.45) is -10.1. The van der Waals surface area contributed by atoms with Crippen LogP contribution in [0.2, 0.25) is 0 Å². The zero-order valence-electron chi connectivity index (χ0n) is 14.5. The van der Waals surface area contributed by atoms with Gasteiger partial charge >= 0.3 is 36.9 Å². The summed E-state index contributed by atoms with van der Waals surface area (Å²) in [6.45, 7) is 0. The van der Waals surface area contributed by atoms with Crippen LogP contribution in [0.15, 0.2) is 0 Å². The molecule has 0 aromatic rings. The fraction of sp³-hybridized carbons (Fsp3) is 0. The Morgan fingerprint density at radius 3 is 0.375 bits per heavy atom. The molecule has 0 aliphatic rings. The molecule has 0 radical (unpaired) electrons. The van der Waals surface area contributed by atoms with Gasteiger partial charge in [-0.1, -0.05) is 0 Å². The third kappa shape index (κ3) is 228. The summed E-state index contributed by atoms with van der Waals surface area (Å²) in [5.41, 5.74) is 0. The first-order chi connectivity index (χ1) is 13.6. The van der Waals surface area contributed by atoms with Crippen LogP contribution in [0.5, 0.6) is 0 Å². The maximum absolute atomic E-state index is 8.90. The molecule has 0 aliphatic heterocycles. The van der Waals surface area contributed by atoms with Crippen molar-refractivity contribution in [3.63, 3.8) is 0 Å². The molecule has 0 spiro atoms. The van der Waals surface area contributed by atoms with Crippen molar-refractivity contribution in [3.05, 3.63) is 0 Å². The van der Waals surface area contributed by atoms with E-state index < -0.39 is 36.9 Å². The molecular weight excluding hydrogens is 613 g/mol. The number of hydrogen-bond donors (Lipinski definition) is 12. The molecule has 0 bridgehead atoms. The number of carboxylic acid groups (broad SMARTS) is 6. The van der Waals surface area contributed by atoms with Crippen LogP contribution in [-0.4, -0.2) is 99.1 Å². The van der Waals surface area contributed by atoms with Crippen LogP contribution in [-0.2, 0) is 75.0 Å². The number of rotatable bonds is 0. The van der Waals surface area contributed by atoms with Crippen LogP contribution in [0.4, 0.5) is 28.8 Å². The van der Waals surface area contributed by atoms with E-state index in [0.717, 1.165) is 0 Å². The summed E-state index contributed by atoms with van der Waals surface area (Å²) in [4.78, 5) is 69.4. The van der Waals surface area contributed by atoms with Gasteiger partial charge in [-0.05, 0) is 0 Å². The van der Waals surface area contributed by atoms with Crippen LogP contribution in [0.3, 0.4) is 0 Å². The standard InChI is InChI=1S/6CH2O4.Zn.Zr/c6*2-1(3)5-4;;/h6*4H,(H,2,3);;.